The first kappa shape index (κ1) is 22.1. The second kappa shape index (κ2) is 8.64. The second-order valence-electron chi connectivity index (χ2n) is 8.07. The molecule has 0 bridgehead atoms. The predicted molar refractivity (Wildman–Crippen MR) is 112 cm³/mol. The number of primary amides is 1. The maximum Gasteiger partial charge on any atom is 0.416 e. The second-order valence-corrected chi connectivity index (χ2v) is 8.07. The van der Waals surface area contributed by atoms with Crippen molar-refractivity contribution in [1.29, 1.82) is 0 Å². The van der Waals surface area contributed by atoms with Crippen LogP contribution < -0.4 is 5.73 Å². The summed E-state index contributed by atoms with van der Waals surface area (Å²) in [5.74, 6) is -0.640. The van der Waals surface area contributed by atoms with Gasteiger partial charge in [0.2, 0.25) is 5.91 Å². The van der Waals surface area contributed by atoms with Crippen molar-refractivity contribution in [1.82, 2.24) is 4.90 Å². The molecule has 0 radical (unpaired) electrons. The molecule has 160 valence electrons. The molecule has 0 heterocycles. The third-order valence-electron chi connectivity index (χ3n) is 6.26. The van der Waals surface area contributed by atoms with E-state index in [0.29, 0.717) is 18.4 Å². The Morgan fingerprint density at radius 2 is 1.57 bits per heavy atom. The zero-order valence-electron chi connectivity index (χ0n) is 17.3. The monoisotopic (exact) mass is 416 g/mol. The molecule has 0 atom stereocenters. The minimum Gasteiger partial charge on any atom is -0.366 e. The van der Waals surface area contributed by atoms with Crippen molar-refractivity contribution in [2.75, 3.05) is 14.1 Å². The van der Waals surface area contributed by atoms with Crippen LogP contribution in [0.3, 0.4) is 0 Å². The summed E-state index contributed by atoms with van der Waals surface area (Å²) < 4.78 is 40.1. The van der Waals surface area contributed by atoms with Crippen LogP contribution in [0, 0.1) is 0 Å². The molecule has 0 aliphatic heterocycles. The Balaban J connectivity index is 1.92. The lowest BCUT2D eigenvalue weighted by molar-refractivity contribution is -0.138. The highest BCUT2D eigenvalue weighted by atomic mass is 19.4. The fourth-order valence-electron chi connectivity index (χ4n) is 4.54. The SMILES string of the molecule is CN(C)C1(c2ccccc2)CCC(=C(Cc2ccccc2C(F)(F)F)C(N)=O)CC1. The maximum atomic E-state index is 13.4. The number of hydrogen-bond donors (Lipinski definition) is 1. The number of carbonyl (C=O) groups excluding carboxylic acids is 1. The van der Waals surface area contributed by atoms with Crippen molar-refractivity contribution in [2.45, 2.75) is 43.8 Å². The molecule has 1 amide bonds. The molecular formula is C24H27F3N2O. The van der Waals surface area contributed by atoms with Gasteiger partial charge in [-0.3, -0.25) is 9.69 Å². The molecule has 6 heteroatoms. The standard InChI is InChI=1S/C24H27F3N2O/c1-29(2)23(19-9-4-3-5-10-19)14-12-17(13-15-23)20(22(28)30)16-18-8-6-7-11-21(18)24(25,26)27/h3-11H,12-16H2,1-2H3,(H2,28,30). The van der Waals surface area contributed by atoms with E-state index in [1.54, 1.807) is 6.07 Å². The zero-order valence-corrected chi connectivity index (χ0v) is 17.3. The zero-order chi connectivity index (χ0) is 21.9. The Morgan fingerprint density at radius 1 is 1.00 bits per heavy atom. The van der Waals surface area contributed by atoms with Gasteiger partial charge in [0.05, 0.1) is 5.56 Å². The topological polar surface area (TPSA) is 46.3 Å². The molecule has 1 saturated carbocycles. The van der Waals surface area contributed by atoms with Gasteiger partial charge in [0, 0.05) is 17.5 Å². The van der Waals surface area contributed by atoms with Crippen LogP contribution in [-0.2, 0) is 22.9 Å². The summed E-state index contributed by atoms with van der Waals surface area (Å²) in [6.45, 7) is 0. The van der Waals surface area contributed by atoms with E-state index in [4.69, 9.17) is 5.73 Å². The van der Waals surface area contributed by atoms with Crippen LogP contribution in [0.15, 0.2) is 65.7 Å². The molecule has 1 fully saturated rings. The summed E-state index contributed by atoms with van der Waals surface area (Å²) in [5.41, 5.74) is 7.21. The third kappa shape index (κ3) is 4.43. The van der Waals surface area contributed by atoms with Gasteiger partial charge in [-0.2, -0.15) is 13.2 Å². The summed E-state index contributed by atoms with van der Waals surface area (Å²) in [4.78, 5) is 14.4. The molecule has 2 N–H and O–H groups in total. The van der Waals surface area contributed by atoms with E-state index in [9.17, 15) is 18.0 Å². The lowest BCUT2D eigenvalue weighted by Gasteiger charge is -2.44. The number of alkyl halides is 3. The fraction of sp³-hybridized carbons (Fsp3) is 0.375. The van der Waals surface area contributed by atoms with E-state index in [2.05, 4.69) is 17.0 Å². The molecular weight excluding hydrogens is 389 g/mol. The number of halogens is 3. The van der Waals surface area contributed by atoms with Crippen molar-refractivity contribution in [3.63, 3.8) is 0 Å². The van der Waals surface area contributed by atoms with Crippen LogP contribution in [-0.4, -0.2) is 24.9 Å². The average molecular weight is 416 g/mol. The largest absolute Gasteiger partial charge is 0.416 e. The molecule has 0 unspecified atom stereocenters. The van der Waals surface area contributed by atoms with Crippen LogP contribution >= 0.6 is 0 Å². The van der Waals surface area contributed by atoms with Gasteiger partial charge >= 0.3 is 6.18 Å². The van der Waals surface area contributed by atoms with Gasteiger partial charge in [-0.25, -0.2) is 0 Å². The van der Waals surface area contributed by atoms with E-state index in [1.165, 1.54) is 17.7 Å². The first-order valence-corrected chi connectivity index (χ1v) is 10.0. The molecule has 0 aromatic heterocycles. The van der Waals surface area contributed by atoms with Gasteiger partial charge in [-0.15, -0.1) is 0 Å². The lowest BCUT2D eigenvalue weighted by Crippen LogP contribution is -2.43. The number of rotatable bonds is 5. The summed E-state index contributed by atoms with van der Waals surface area (Å²) >= 11 is 0. The third-order valence-corrected chi connectivity index (χ3v) is 6.26. The number of nitrogens with zero attached hydrogens (tertiary/aromatic N) is 1. The number of allylic oxidation sites excluding steroid dienone is 1. The molecule has 2 aromatic rings. The first-order valence-electron chi connectivity index (χ1n) is 10.0. The van der Waals surface area contributed by atoms with E-state index < -0.39 is 17.6 Å². The highest BCUT2D eigenvalue weighted by molar-refractivity contribution is 5.93. The smallest absolute Gasteiger partial charge is 0.366 e. The molecule has 1 aliphatic rings. The van der Waals surface area contributed by atoms with Gasteiger partial charge in [-0.1, -0.05) is 54.1 Å². The van der Waals surface area contributed by atoms with Crippen LogP contribution in [0.2, 0.25) is 0 Å². The van der Waals surface area contributed by atoms with Gasteiger partial charge in [0.15, 0.2) is 0 Å². The Labute approximate surface area is 175 Å². The highest BCUT2D eigenvalue weighted by Crippen LogP contribution is 2.44. The Kier molecular flexibility index (Phi) is 6.36. The summed E-state index contributed by atoms with van der Waals surface area (Å²) in [6, 6.07) is 15.6. The van der Waals surface area contributed by atoms with E-state index in [1.807, 2.05) is 32.3 Å². The highest BCUT2D eigenvalue weighted by Gasteiger charge is 2.38. The molecule has 1 aliphatic carbocycles. The van der Waals surface area contributed by atoms with Crippen LogP contribution in [0.25, 0.3) is 0 Å². The number of amides is 1. The summed E-state index contributed by atoms with van der Waals surface area (Å²) in [7, 11) is 4.08. The molecule has 3 nitrogen and oxygen atoms in total. The van der Waals surface area contributed by atoms with Crippen molar-refractivity contribution in [3.8, 4) is 0 Å². The van der Waals surface area contributed by atoms with Gasteiger partial charge in [-0.05, 0) is 57.0 Å². The van der Waals surface area contributed by atoms with Crippen LogP contribution in [0.1, 0.15) is 42.4 Å². The minimum absolute atomic E-state index is 0.0822. The van der Waals surface area contributed by atoms with Crippen molar-refractivity contribution in [3.05, 3.63) is 82.4 Å². The molecule has 3 rings (SSSR count). The fourth-order valence-corrected chi connectivity index (χ4v) is 4.54. The van der Waals surface area contributed by atoms with E-state index in [-0.39, 0.29) is 17.5 Å². The Hall–Kier alpha value is -2.60. The summed E-state index contributed by atoms with van der Waals surface area (Å²) in [6.07, 6.45) is -1.77. The number of hydrogen-bond acceptors (Lipinski definition) is 2. The molecule has 0 spiro atoms. The van der Waals surface area contributed by atoms with E-state index in [0.717, 1.165) is 24.5 Å². The Bertz CT molecular complexity index is 923. The quantitative estimate of drug-likeness (QED) is 0.693. The van der Waals surface area contributed by atoms with Crippen LogP contribution in [0.4, 0.5) is 13.2 Å². The number of benzene rings is 2. The van der Waals surface area contributed by atoms with Gasteiger partial charge in [0.25, 0.3) is 0 Å². The molecule has 2 aromatic carbocycles. The lowest BCUT2D eigenvalue weighted by atomic mass is 9.72. The van der Waals surface area contributed by atoms with Crippen LogP contribution in [0.5, 0.6) is 0 Å². The first-order chi connectivity index (χ1) is 14.1. The molecule has 30 heavy (non-hydrogen) atoms. The van der Waals surface area contributed by atoms with Crippen molar-refractivity contribution < 1.29 is 18.0 Å². The molecule has 0 saturated heterocycles. The minimum atomic E-state index is -4.47. The Morgan fingerprint density at radius 3 is 2.10 bits per heavy atom. The maximum absolute atomic E-state index is 13.4. The number of carbonyl (C=O) groups is 1. The summed E-state index contributed by atoms with van der Waals surface area (Å²) in [5, 5.41) is 0. The van der Waals surface area contributed by atoms with Gasteiger partial charge < -0.3 is 5.73 Å². The normalized spacial score (nSPS) is 19.7. The average Bonchev–Trinajstić information content (AvgIpc) is 2.72. The van der Waals surface area contributed by atoms with Gasteiger partial charge in [0.1, 0.15) is 0 Å². The van der Waals surface area contributed by atoms with E-state index >= 15 is 0 Å². The predicted octanol–water partition coefficient (Wildman–Crippen LogP) is 5.06. The van der Waals surface area contributed by atoms with Crippen molar-refractivity contribution >= 4 is 5.91 Å². The van der Waals surface area contributed by atoms with Crippen molar-refractivity contribution in [2.24, 2.45) is 5.73 Å². The number of nitrogens with two attached hydrogens (primary N) is 1.